The molecule has 2 atom stereocenters. The summed E-state index contributed by atoms with van der Waals surface area (Å²) in [5.41, 5.74) is 0. The second kappa shape index (κ2) is 6.76. The third kappa shape index (κ3) is 3.49. The molecule has 23 heavy (non-hydrogen) atoms. The standard InChI is InChI=1S/C16H21N3O4/c1-2-7-19(15(20)12-8-17-16(21)18-12)9-11-10-22-13-5-3-4-6-14(13)23-11/h3-6,11-12H,2,7-10H2,1H3,(H2,17,18,21)/t11-,12-/m1/s1. The Morgan fingerprint density at radius 1 is 1.35 bits per heavy atom. The van der Waals surface area contributed by atoms with Crippen LogP contribution in [-0.4, -0.2) is 55.2 Å². The fourth-order valence-corrected chi connectivity index (χ4v) is 2.78. The molecule has 0 unspecified atom stereocenters. The molecule has 0 saturated carbocycles. The summed E-state index contributed by atoms with van der Waals surface area (Å²) in [7, 11) is 0. The smallest absolute Gasteiger partial charge is 0.315 e. The Balaban J connectivity index is 1.63. The van der Waals surface area contributed by atoms with E-state index < -0.39 is 6.04 Å². The van der Waals surface area contributed by atoms with Crippen LogP contribution in [0.15, 0.2) is 24.3 Å². The van der Waals surface area contributed by atoms with Crippen molar-refractivity contribution < 1.29 is 19.1 Å². The van der Waals surface area contributed by atoms with Gasteiger partial charge in [0.25, 0.3) is 0 Å². The van der Waals surface area contributed by atoms with Crippen LogP contribution in [0.25, 0.3) is 0 Å². The maximum absolute atomic E-state index is 12.6. The number of hydrogen-bond acceptors (Lipinski definition) is 4. The van der Waals surface area contributed by atoms with Gasteiger partial charge in [-0.2, -0.15) is 0 Å². The van der Waals surface area contributed by atoms with Crippen molar-refractivity contribution in [3.8, 4) is 11.5 Å². The Hall–Kier alpha value is -2.44. The maximum atomic E-state index is 12.6. The van der Waals surface area contributed by atoms with Crippen molar-refractivity contribution >= 4 is 11.9 Å². The number of fused-ring (bicyclic) bond motifs is 1. The van der Waals surface area contributed by atoms with Crippen LogP contribution in [0.2, 0.25) is 0 Å². The van der Waals surface area contributed by atoms with Gasteiger partial charge < -0.3 is 25.0 Å². The van der Waals surface area contributed by atoms with Gasteiger partial charge in [0.1, 0.15) is 12.6 Å². The first-order valence-corrected chi connectivity index (χ1v) is 7.89. The Morgan fingerprint density at radius 3 is 2.83 bits per heavy atom. The van der Waals surface area contributed by atoms with E-state index in [4.69, 9.17) is 9.47 Å². The second-order valence-electron chi connectivity index (χ2n) is 5.69. The summed E-state index contributed by atoms with van der Waals surface area (Å²) in [6.07, 6.45) is 0.620. The highest BCUT2D eigenvalue weighted by Gasteiger charge is 2.32. The highest BCUT2D eigenvalue weighted by atomic mass is 16.6. The summed E-state index contributed by atoms with van der Waals surface area (Å²) in [6, 6.07) is 6.69. The molecule has 2 N–H and O–H groups in total. The predicted octanol–water partition coefficient (Wildman–Crippen LogP) is 0.746. The van der Waals surface area contributed by atoms with Crippen LogP contribution in [0.1, 0.15) is 13.3 Å². The van der Waals surface area contributed by atoms with E-state index in [0.717, 1.165) is 12.2 Å². The van der Waals surface area contributed by atoms with E-state index in [-0.39, 0.29) is 18.0 Å². The molecular formula is C16H21N3O4. The van der Waals surface area contributed by atoms with Crippen molar-refractivity contribution in [3.63, 3.8) is 0 Å². The largest absolute Gasteiger partial charge is 0.486 e. The fraction of sp³-hybridized carbons (Fsp3) is 0.500. The minimum absolute atomic E-state index is 0.0901. The number of nitrogens with zero attached hydrogens (tertiary/aromatic N) is 1. The molecule has 2 aliphatic heterocycles. The van der Waals surface area contributed by atoms with Crippen molar-refractivity contribution in [3.05, 3.63) is 24.3 Å². The molecule has 7 heteroatoms. The lowest BCUT2D eigenvalue weighted by Gasteiger charge is -2.32. The van der Waals surface area contributed by atoms with E-state index in [0.29, 0.717) is 32.0 Å². The van der Waals surface area contributed by atoms with Crippen LogP contribution in [0.4, 0.5) is 4.79 Å². The van der Waals surface area contributed by atoms with Crippen LogP contribution < -0.4 is 20.1 Å². The first kappa shape index (κ1) is 15.5. The van der Waals surface area contributed by atoms with Crippen molar-refractivity contribution in [2.75, 3.05) is 26.2 Å². The first-order valence-electron chi connectivity index (χ1n) is 7.89. The van der Waals surface area contributed by atoms with Gasteiger partial charge in [0.15, 0.2) is 17.6 Å². The number of ether oxygens (including phenoxy) is 2. The zero-order valence-electron chi connectivity index (χ0n) is 13.1. The summed E-state index contributed by atoms with van der Waals surface area (Å²) in [5, 5.41) is 5.24. The number of carbonyl (C=O) groups is 2. The fourth-order valence-electron chi connectivity index (χ4n) is 2.78. The topological polar surface area (TPSA) is 79.9 Å². The molecule has 1 aromatic rings. The quantitative estimate of drug-likeness (QED) is 0.839. The van der Waals surface area contributed by atoms with Crippen molar-refractivity contribution in [1.29, 1.82) is 0 Å². The Bertz CT molecular complexity index is 592. The summed E-state index contributed by atoms with van der Waals surface area (Å²) >= 11 is 0. The van der Waals surface area contributed by atoms with Gasteiger partial charge >= 0.3 is 6.03 Å². The molecule has 0 radical (unpaired) electrons. The van der Waals surface area contributed by atoms with Crippen molar-refractivity contribution in [1.82, 2.24) is 15.5 Å². The zero-order chi connectivity index (χ0) is 16.2. The number of carbonyl (C=O) groups excluding carboxylic acids is 2. The minimum atomic E-state index is -0.508. The average Bonchev–Trinajstić information content (AvgIpc) is 3.00. The zero-order valence-corrected chi connectivity index (χ0v) is 13.1. The first-order chi connectivity index (χ1) is 11.2. The van der Waals surface area contributed by atoms with E-state index in [1.807, 2.05) is 31.2 Å². The number of urea groups is 1. The molecule has 1 aromatic carbocycles. The van der Waals surface area contributed by atoms with Gasteiger partial charge in [-0.15, -0.1) is 0 Å². The van der Waals surface area contributed by atoms with E-state index >= 15 is 0 Å². The van der Waals surface area contributed by atoms with Gasteiger partial charge in [-0.3, -0.25) is 4.79 Å². The highest BCUT2D eigenvalue weighted by Crippen LogP contribution is 2.31. The third-order valence-electron chi connectivity index (χ3n) is 3.87. The lowest BCUT2D eigenvalue weighted by molar-refractivity contribution is -0.134. The molecular weight excluding hydrogens is 298 g/mol. The molecule has 0 aliphatic carbocycles. The number of nitrogens with one attached hydrogen (secondary N) is 2. The summed E-state index contributed by atoms with van der Waals surface area (Å²) < 4.78 is 11.6. The lowest BCUT2D eigenvalue weighted by Crippen LogP contribution is -2.50. The van der Waals surface area contributed by atoms with Gasteiger partial charge in [-0.1, -0.05) is 19.1 Å². The molecule has 1 fully saturated rings. The van der Waals surface area contributed by atoms with Gasteiger partial charge in [0.2, 0.25) is 5.91 Å². The average molecular weight is 319 g/mol. The normalized spacial score (nSPS) is 22.2. The molecule has 0 aromatic heterocycles. The van der Waals surface area contributed by atoms with E-state index in [2.05, 4.69) is 10.6 Å². The highest BCUT2D eigenvalue weighted by molar-refractivity contribution is 5.90. The maximum Gasteiger partial charge on any atom is 0.315 e. The molecule has 2 aliphatic rings. The molecule has 2 heterocycles. The van der Waals surface area contributed by atoms with Crippen molar-refractivity contribution in [2.45, 2.75) is 25.5 Å². The molecule has 3 rings (SSSR count). The van der Waals surface area contributed by atoms with Gasteiger partial charge in [0, 0.05) is 13.1 Å². The molecule has 7 nitrogen and oxygen atoms in total. The van der Waals surface area contributed by atoms with Crippen molar-refractivity contribution in [2.24, 2.45) is 0 Å². The molecule has 0 bridgehead atoms. The Labute approximate surface area is 134 Å². The molecule has 0 spiro atoms. The summed E-state index contributed by atoms with van der Waals surface area (Å²) in [4.78, 5) is 25.5. The third-order valence-corrected chi connectivity index (χ3v) is 3.87. The Kier molecular flexibility index (Phi) is 4.55. The number of amides is 3. The van der Waals surface area contributed by atoms with Crippen LogP contribution in [0, 0.1) is 0 Å². The monoisotopic (exact) mass is 319 g/mol. The summed E-state index contributed by atoms with van der Waals surface area (Å²) in [5.74, 6) is 1.33. The SMILES string of the molecule is CCCN(C[C@@H]1COc2ccccc2O1)C(=O)[C@H]1CNC(=O)N1. The van der Waals surface area contributed by atoms with E-state index in [1.165, 1.54) is 0 Å². The van der Waals surface area contributed by atoms with Crippen LogP contribution in [0.5, 0.6) is 11.5 Å². The van der Waals surface area contributed by atoms with E-state index in [1.54, 1.807) is 4.90 Å². The van der Waals surface area contributed by atoms with Gasteiger partial charge in [-0.05, 0) is 18.6 Å². The molecule has 1 saturated heterocycles. The minimum Gasteiger partial charge on any atom is -0.486 e. The predicted molar refractivity (Wildman–Crippen MR) is 83.5 cm³/mol. The molecule has 124 valence electrons. The van der Waals surface area contributed by atoms with Crippen LogP contribution >= 0.6 is 0 Å². The van der Waals surface area contributed by atoms with E-state index in [9.17, 15) is 9.59 Å². The van der Waals surface area contributed by atoms with Gasteiger partial charge in [-0.25, -0.2) is 4.79 Å². The molecule has 3 amide bonds. The number of para-hydroxylation sites is 2. The number of benzene rings is 1. The summed E-state index contributed by atoms with van der Waals surface area (Å²) in [6.45, 7) is 3.79. The number of hydrogen-bond donors (Lipinski definition) is 2. The number of rotatable bonds is 5. The van der Waals surface area contributed by atoms with Gasteiger partial charge in [0.05, 0.1) is 6.54 Å². The Morgan fingerprint density at radius 2 is 2.13 bits per heavy atom. The lowest BCUT2D eigenvalue weighted by atomic mass is 10.2. The second-order valence-corrected chi connectivity index (χ2v) is 5.69. The van der Waals surface area contributed by atoms with Crippen LogP contribution in [0.3, 0.4) is 0 Å². The van der Waals surface area contributed by atoms with Crippen LogP contribution in [-0.2, 0) is 4.79 Å².